The van der Waals surface area contributed by atoms with Crippen molar-refractivity contribution < 1.29 is 4.74 Å². The van der Waals surface area contributed by atoms with E-state index in [4.69, 9.17) is 4.74 Å². The van der Waals surface area contributed by atoms with Gasteiger partial charge in [-0.1, -0.05) is 15.9 Å². The average Bonchev–Trinajstić information content (AvgIpc) is 1.94. The zero-order chi connectivity index (χ0) is 10.1. The van der Waals surface area contributed by atoms with Crippen molar-refractivity contribution in [1.82, 2.24) is 0 Å². The molecule has 1 rings (SSSR count). The molecular weight excluding hydrogens is 228 g/mol. The molecule has 0 N–H and O–H groups in total. The molecule has 0 saturated carbocycles. The van der Waals surface area contributed by atoms with Gasteiger partial charge in [-0.3, -0.25) is 0 Å². The maximum atomic E-state index is 5.72. The lowest BCUT2D eigenvalue weighted by molar-refractivity contribution is 0.131. The smallest absolute Gasteiger partial charge is 0.120 e. The number of ether oxygens (including phenoxy) is 1. The SMILES string of the molecule is Cc1cc(OC(C)(C)C)ccc1Br. The maximum Gasteiger partial charge on any atom is 0.120 e. The highest BCUT2D eigenvalue weighted by molar-refractivity contribution is 9.10. The van der Waals surface area contributed by atoms with Gasteiger partial charge in [0, 0.05) is 4.47 Å². The Morgan fingerprint density at radius 1 is 1.23 bits per heavy atom. The number of benzene rings is 1. The highest BCUT2D eigenvalue weighted by Crippen LogP contribution is 2.24. The van der Waals surface area contributed by atoms with Gasteiger partial charge in [0.05, 0.1) is 0 Å². The lowest BCUT2D eigenvalue weighted by Gasteiger charge is -2.21. The summed E-state index contributed by atoms with van der Waals surface area (Å²) in [5.74, 6) is 0.924. The monoisotopic (exact) mass is 242 g/mol. The van der Waals surface area contributed by atoms with Crippen LogP contribution in [0.1, 0.15) is 26.3 Å². The van der Waals surface area contributed by atoms with Gasteiger partial charge in [-0.05, 0) is 51.5 Å². The van der Waals surface area contributed by atoms with Crippen LogP contribution in [0.4, 0.5) is 0 Å². The number of hydrogen-bond donors (Lipinski definition) is 0. The van der Waals surface area contributed by atoms with Crippen molar-refractivity contribution in [2.45, 2.75) is 33.3 Å². The van der Waals surface area contributed by atoms with Gasteiger partial charge in [0.25, 0.3) is 0 Å². The summed E-state index contributed by atoms with van der Waals surface area (Å²) in [6.45, 7) is 8.19. The molecule has 0 aliphatic heterocycles. The summed E-state index contributed by atoms with van der Waals surface area (Å²) in [7, 11) is 0. The Balaban J connectivity index is 2.86. The van der Waals surface area contributed by atoms with Crippen LogP contribution in [-0.4, -0.2) is 5.60 Å². The van der Waals surface area contributed by atoms with Gasteiger partial charge in [0.15, 0.2) is 0 Å². The van der Waals surface area contributed by atoms with Crippen LogP contribution in [0, 0.1) is 6.92 Å². The van der Waals surface area contributed by atoms with E-state index in [1.807, 2.05) is 39.0 Å². The number of hydrogen-bond acceptors (Lipinski definition) is 1. The molecule has 0 bridgehead atoms. The fourth-order valence-corrected chi connectivity index (χ4v) is 1.28. The third kappa shape index (κ3) is 3.39. The van der Waals surface area contributed by atoms with Crippen LogP contribution in [0.2, 0.25) is 0 Å². The second-order valence-corrected chi connectivity index (χ2v) is 4.98. The number of halogens is 1. The van der Waals surface area contributed by atoms with Crippen LogP contribution >= 0.6 is 15.9 Å². The molecule has 0 unspecified atom stereocenters. The Labute approximate surface area is 88.2 Å². The summed E-state index contributed by atoms with van der Waals surface area (Å²) >= 11 is 3.45. The molecule has 1 aromatic rings. The first-order chi connectivity index (χ1) is 5.88. The standard InChI is InChI=1S/C11H15BrO/c1-8-7-9(5-6-10(8)12)13-11(2,3)4/h5-7H,1-4H3. The molecule has 0 saturated heterocycles. The van der Waals surface area contributed by atoms with Crippen molar-refractivity contribution in [3.8, 4) is 5.75 Å². The van der Waals surface area contributed by atoms with E-state index >= 15 is 0 Å². The fourth-order valence-electron chi connectivity index (χ4n) is 1.03. The molecule has 13 heavy (non-hydrogen) atoms. The van der Waals surface area contributed by atoms with Gasteiger partial charge in [-0.2, -0.15) is 0 Å². The molecule has 0 aromatic heterocycles. The van der Waals surface area contributed by atoms with Crippen molar-refractivity contribution in [2.75, 3.05) is 0 Å². The quantitative estimate of drug-likeness (QED) is 0.726. The van der Waals surface area contributed by atoms with Crippen LogP contribution in [0.25, 0.3) is 0 Å². The van der Waals surface area contributed by atoms with E-state index < -0.39 is 0 Å². The zero-order valence-corrected chi connectivity index (χ0v) is 10.1. The Morgan fingerprint density at radius 3 is 2.31 bits per heavy atom. The molecule has 1 nitrogen and oxygen atoms in total. The van der Waals surface area contributed by atoms with E-state index in [1.165, 1.54) is 5.56 Å². The van der Waals surface area contributed by atoms with Crippen LogP contribution in [-0.2, 0) is 0 Å². The molecule has 1 aromatic carbocycles. The first-order valence-corrected chi connectivity index (χ1v) is 5.13. The van der Waals surface area contributed by atoms with E-state index in [0.29, 0.717) is 0 Å². The molecule has 0 fully saturated rings. The van der Waals surface area contributed by atoms with Crippen molar-refractivity contribution in [3.63, 3.8) is 0 Å². The Kier molecular flexibility index (Phi) is 3.01. The van der Waals surface area contributed by atoms with E-state index in [2.05, 4.69) is 22.9 Å². The van der Waals surface area contributed by atoms with Crippen LogP contribution in [0.3, 0.4) is 0 Å². The largest absolute Gasteiger partial charge is 0.488 e. The summed E-state index contributed by atoms with van der Waals surface area (Å²) in [5.41, 5.74) is 1.07. The van der Waals surface area contributed by atoms with Crippen molar-refractivity contribution in [2.24, 2.45) is 0 Å². The van der Waals surface area contributed by atoms with Crippen LogP contribution in [0.5, 0.6) is 5.75 Å². The first-order valence-electron chi connectivity index (χ1n) is 4.34. The van der Waals surface area contributed by atoms with Gasteiger partial charge in [-0.25, -0.2) is 0 Å². The molecule has 0 heterocycles. The minimum Gasteiger partial charge on any atom is -0.488 e. The second kappa shape index (κ2) is 3.70. The van der Waals surface area contributed by atoms with Gasteiger partial charge in [0.2, 0.25) is 0 Å². The molecule has 0 spiro atoms. The van der Waals surface area contributed by atoms with Gasteiger partial charge in [0.1, 0.15) is 11.4 Å². The fraction of sp³-hybridized carbons (Fsp3) is 0.455. The predicted molar refractivity (Wildman–Crippen MR) is 59.3 cm³/mol. The van der Waals surface area contributed by atoms with Gasteiger partial charge >= 0.3 is 0 Å². The zero-order valence-electron chi connectivity index (χ0n) is 8.52. The van der Waals surface area contributed by atoms with Crippen LogP contribution in [0.15, 0.2) is 22.7 Å². The van der Waals surface area contributed by atoms with Crippen LogP contribution < -0.4 is 4.74 Å². The highest BCUT2D eigenvalue weighted by atomic mass is 79.9. The molecule has 0 radical (unpaired) electrons. The lowest BCUT2D eigenvalue weighted by Crippen LogP contribution is -2.22. The molecular formula is C11H15BrO. The third-order valence-electron chi connectivity index (χ3n) is 1.55. The second-order valence-electron chi connectivity index (χ2n) is 4.13. The first kappa shape index (κ1) is 10.6. The minimum absolute atomic E-state index is 0.125. The summed E-state index contributed by atoms with van der Waals surface area (Å²) in [5, 5.41) is 0. The van der Waals surface area contributed by atoms with Crippen molar-refractivity contribution in [3.05, 3.63) is 28.2 Å². The van der Waals surface area contributed by atoms with Gasteiger partial charge in [-0.15, -0.1) is 0 Å². The summed E-state index contributed by atoms with van der Waals surface area (Å²) in [6.07, 6.45) is 0. The summed E-state index contributed by atoms with van der Waals surface area (Å²) < 4.78 is 6.84. The normalized spacial score (nSPS) is 11.5. The molecule has 0 amide bonds. The maximum absolute atomic E-state index is 5.72. The van der Waals surface area contributed by atoms with E-state index in [-0.39, 0.29) is 5.60 Å². The molecule has 0 atom stereocenters. The average molecular weight is 243 g/mol. The lowest BCUT2D eigenvalue weighted by atomic mass is 10.2. The minimum atomic E-state index is -0.125. The van der Waals surface area contributed by atoms with E-state index in [1.54, 1.807) is 0 Å². The van der Waals surface area contributed by atoms with Crippen molar-refractivity contribution in [1.29, 1.82) is 0 Å². The molecule has 0 aliphatic rings. The van der Waals surface area contributed by atoms with Gasteiger partial charge < -0.3 is 4.74 Å². The highest BCUT2D eigenvalue weighted by Gasteiger charge is 2.11. The number of rotatable bonds is 1. The summed E-state index contributed by atoms with van der Waals surface area (Å²) in [6, 6.07) is 6.02. The number of aryl methyl sites for hydroxylation is 1. The van der Waals surface area contributed by atoms with E-state index in [9.17, 15) is 0 Å². The Bertz CT molecular complexity index is 299. The Morgan fingerprint density at radius 2 is 1.85 bits per heavy atom. The molecule has 72 valence electrons. The Hall–Kier alpha value is -0.500. The molecule has 2 heteroatoms. The predicted octanol–water partition coefficient (Wildman–Crippen LogP) is 3.93. The van der Waals surface area contributed by atoms with E-state index in [0.717, 1.165) is 10.2 Å². The topological polar surface area (TPSA) is 9.23 Å². The van der Waals surface area contributed by atoms with Crippen molar-refractivity contribution >= 4 is 15.9 Å². The third-order valence-corrected chi connectivity index (χ3v) is 2.44. The molecule has 0 aliphatic carbocycles. The summed E-state index contributed by atoms with van der Waals surface area (Å²) in [4.78, 5) is 0.